The fraction of sp³-hybridized carbons (Fsp3) is 0.467. The van der Waals surface area contributed by atoms with Crippen LogP contribution in [0.25, 0.3) is 10.9 Å². The lowest BCUT2D eigenvalue weighted by molar-refractivity contribution is 0.0482. The number of hydrogen-bond donors (Lipinski definition) is 2. The number of rotatable bonds is 2. The average Bonchev–Trinajstić information content (AvgIpc) is 2.91. The van der Waals surface area contributed by atoms with Crippen LogP contribution >= 0.6 is 35.3 Å². The van der Waals surface area contributed by atoms with Gasteiger partial charge in [0.25, 0.3) is 0 Å². The van der Waals surface area contributed by atoms with Crippen molar-refractivity contribution in [2.24, 2.45) is 5.92 Å². The van der Waals surface area contributed by atoms with Gasteiger partial charge < -0.3 is 14.4 Å². The van der Waals surface area contributed by atoms with Crippen molar-refractivity contribution >= 4 is 51.9 Å². The molecule has 1 aromatic carbocycles. The van der Waals surface area contributed by atoms with Crippen molar-refractivity contribution in [3.63, 3.8) is 0 Å². The molecule has 0 amide bonds. The fourth-order valence-corrected chi connectivity index (χ4v) is 4.77. The molecule has 0 radical (unpaired) electrons. The number of benzene rings is 1. The van der Waals surface area contributed by atoms with Gasteiger partial charge in [0.05, 0.1) is 27.9 Å². The lowest BCUT2D eigenvalue weighted by atomic mass is 10.0. The number of H-pyrrole nitrogens is 1. The Morgan fingerprint density at radius 1 is 1.36 bits per heavy atom. The van der Waals surface area contributed by atoms with Crippen molar-refractivity contribution in [2.75, 3.05) is 24.5 Å². The van der Waals surface area contributed by atoms with E-state index < -0.39 is 0 Å². The van der Waals surface area contributed by atoms with Crippen LogP contribution in [0.1, 0.15) is 18.4 Å². The van der Waals surface area contributed by atoms with Crippen molar-refractivity contribution in [1.29, 1.82) is 0 Å². The second-order valence-corrected chi connectivity index (χ2v) is 7.60. The molecule has 0 aliphatic carbocycles. The van der Waals surface area contributed by atoms with Crippen molar-refractivity contribution < 1.29 is 4.74 Å². The van der Waals surface area contributed by atoms with Crippen LogP contribution < -0.4 is 4.72 Å². The minimum Gasteiger partial charge on any atom is -0.381 e. The Morgan fingerprint density at radius 2 is 2.27 bits per heavy atom. The topological polar surface area (TPSA) is 40.3 Å². The Balaban J connectivity index is 1.58. The standard InChI is InChI=1S/C15H17Cl2N3OS/c16-11-4-10-7-20(6-9-2-1-3-21-8-9)22-19-14(10)15-13(11)12(17)5-18-15/h4-5,9,18-19H,1-3,6-8H2. The lowest BCUT2D eigenvalue weighted by Gasteiger charge is -2.32. The minimum absolute atomic E-state index is 0.615. The highest BCUT2D eigenvalue weighted by atomic mass is 35.5. The van der Waals surface area contributed by atoms with E-state index in [1.54, 1.807) is 18.3 Å². The third-order valence-electron chi connectivity index (χ3n) is 4.28. The molecule has 1 saturated heterocycles. The normalized spacial score (nSPS) is 22.5. The van der Waals surface area contributed by atoms with Gasteiger partial charge >= 0.3 is 0 Å². The summed E-state index contributed by atoms with van der Waals surface area (Å²) in [6.45, 7) is 3.68. The van der Waals surface area contributed by atoms with Gasteiger partial charge in [-0.3, -0.25) is 0 Å². The monoisotopic (exact) mass is 357 g/mol. The van der Waals surface area contributed by atoms with Gasteiger partial charge in [0, 0.05) is 43.4 Å². The van der Waals surface area contributed by atoms with E-state index in [2.05, 4.69) is 14.0 Å². The highest BCUT2D eigenvalue weighted by molar-refractivity contribution is 7.98. The minimum atomic E-state index is 0.615. The van der Waals surface area contributed by atoms with Gasteiger partial charge in [-0.15, -0.1) is 0 Å². The van der Waals surface area contributed by atoms with Gasteiger partial charge in [0.15, 0.2) is 0 Å². The Kier molecular flexibility index (Phi) is 4.17. The maximum atomic E-state index is 6.40. The predicted octanol–water partition coefficient (Wildman–Crippen LogP) is 4.69. The van der Waals surface area contributed by atoms with Crippen molar-refractivity contribution in [1.82, 2.24) is 9.29 Å². The number of aromatic nitrogens is 1. The highest BCUT2D eigenvalue weighted by Gasteiger charge is 2.25. The summed E-state index contributed by atoms with van der Waals surface area (Å²) in [5.41, 5.74) is 3.28. The molecule has 1 atom stereocenters. The first-order chi connectivity index (χ1) is 10.7. The fourth-order valence-electron chi connectivity index (χ4n) is 3.20. The Bertz CT molecular complexity index is 700. The summed E-state index contributed by atoms with van der Waals surface area (Å²) < 4.78 is 11.4. The lowest BCUT2D eigenvalue weighted by Crippen LogP contribution is -2.32. The molecule has 22 heavy (non-hydrogen) atoms. The summed E-state index contributed by atoms with van der Waals surface area (Å²) in [4.78, 5) is 3.22. The largest absolute Gasteiger partial charge is 0.381 e. The second kappa shape index (κ2) is 6.13. The van der Waals surface area contributed by atoms with E-state index in [0.29, 0.717) is 16.0 Å². The molecule has 2 aliphatic rings. The zero-order chi connectivity index (χ0) is 15.1. The van der Waals surface area contributed by atoms with E-state index in [1.165, 1.54) is 18.4 Å². The number of aromatic amines is 1. The Morgan fingerprint density at radius 3 is 3.09 bits per heavy atom. The van der Waals surface area contributed by atoms with E-state index >= 15 is 0 Å². The van der Waals surface area contributed by atoms with Crippen LogP contribution in [0.4, 0.5) is 5.69 Å². The van der Waals surface area contributed by atoms with E-state index in [1.807, 2.05) is 6.07 Å². The molecule has 0 spiro atoms. The van der Waals surface area contributed by atoms with Crippen molar-refractivity contribution in [3.05, 3.63) is 27.9 Å². The maximum Gasteiger partial charge on any atom is 0.0742 e. The smallest absolute Gasteiger partial charge is 0.0742 e. The second-order valence-electron chi connectivity index (χ2n) is 5.88. The third-order valence-corrected chi connectivity index (χ3v) is 5.71. The van der Waals surface area contributed by atoms with Crippen LogP contribution in [0.15, 0.2) is 12.3 Å². The van der Waals surface area contributed by atoms with Gasteiger partial charge in [-0.25, -0.2) is 4.31 Å². The molecular formula is C15H17Cl2N3OS. The molecule has 1 fully saturated rings. The zero-order valence-electron chi connectivity index (χ0n) is 12.0. The summed E-state index contributed by atoms with van der Waals surface area (Å²) >= 11 is 14.3. The summed E-state index contributed by atoms with van der Waals surface area (Å²) in [6.07, 6.45) is 4.20. The molecule has 0 saturated carbocycles. The van der Waals surface area contributed by atoms with Crippen LogP contribution in [0.3, 0.4) is 0 Å². The van der Waals surface area contributed by atoms with Gasteiger partial charge in [-0.1, -0.05) is 23.2 Å². The Hall–Kier alpha value is -0.590. The number of fused-ring (bicyclic) bond motifs is 3. The molecule has 0 bridgehead atoms. The van der Waals surface area contributed by atoms with Crippen LogP contribution in [0.2, 0.25) is 10.0 Å². The molecule has 1 unspecified atom stereocenters. The summed E-state index contributed by atoms with van der Waals surface area (Å²) in [5.74, 6) is 0.615. The summed E-state index contributed by atoms with van der Waals surface area (Å²) in [5, 5.41) is 2.26. The first-order valence-electron chi connectivity index (χ1n) is 7.46. The van der Waals surface area contributed by atoms with Gasteiger partial charge in [-0.05, 0) is 30.4 Å². The zero-order valence-corrected chi connectivity index (χ0v) is 14.3. The van der Waals surface area contributed by atoms with Crippen molar-refractivity contribution in [2.45, 2.75) is 19.4 Å². The summed E-state index contributed by atoms with van der Waals surface area (Å²) in [7, 11) is 0. The number of ether oxygens (including phenoxy) is 1. The first kappa shape index (κ1) is 15.0. The quantitative estimate of drug-likeness (QED) is 0.764. The molecule has 3 heterocycles. The SMILES string of the molecule is Clc1c[nH]c2c3c(cc(Cl)c12)CN(CC1CCCOC1)SN3. The van der Waals surface area contributed by atoms with Gasteiger partial charge in [0.1, 0.15) is 0 Å². The predicted molar refractivity (Wildman–Crippen MR) is 93.5 cm³/mol. The van der Waals surface area contributed by atoms with Crippen LogP contribution in [-0.2, 0) is 11.3 Å². The van der Waals surface area contributed by atoms with Crippen molar-refractivity contribution in [3.8, 4) is 0 Å². The molecule has 4 nitrogen and oxygen atoms in total. The molecule has 2 aliphatic heterocycles. The van der Waals surface area contributed by atoms with Crippen LogP contribution in [0.5, 0.6) is 0 Å². The van der Waals surface area contributed by atoms with Gasteiger partial charge in [-0.2, -0.15) is 0 Å². The first-order valence-corrected chi connectivity index (χ1v) is 8.99. The van der Waals surface area contributed by atoms with E-state index in [4.69, 9.17) is 27.9 Å². The number of hydrogen-bond acceptors (Lipinski definition) is 4. The highest BCUT2D eigenvalue weighted by Crippen LogP contribution is 2.41. The van der Waals surface area contributed by atoms with E-state index in [-0.39, 0.29) is 0 Å². The molecule has 2 aromatic rings. The van der Waals surface area contributed by atoms with E-state index in [9.17, 15) is 0 Å². The number of anilines is 1. The van der Waals surface area contributed by atoms with Crippen LogP contribution in [0, 0.1) is 5.92 Å². The van der Waals surface area contributed by atoms with E-state index in [0.717, 1.165) is 42.9 Å². The average molecular weight is 358 g/mol. The number of nitrogens with one attached hydrogen (secondary N) is 2. The molecular weight excluding hydrogens is 341 g/mol. The molecule has 2 N–H and O–H groups in total. The molecule has 4 rings (SSSR count). The van der Waals surface area contributed by atoms with Crippen LogP contribution in [-0.4, -0.2) is 29.0 Å². The number of nitrogens with zero attached hydrogens (tertiary/aromatic N) is 1. The Labute approximate surface area is 143 Å². The molecule has 7 heteroatoms. The third kappa shape index (κ3) is 2.69. The maximum absolute atomic E-state index is 6.40. The van der Waals surface area contributed by atoms with Gasteiger partial charge in [0.2, 0.25) is 0 Å². The summed E-state index contributed by atoms with van der Waals surface area (Å²) in [6, 6.07) is 2.02. The molecule has 118 valence electrons. The number of halogens is 2. The molecule has 1 aromatic heterocycles.